The molecule has 1 N–H and O–H groups in total. The second-order valence-corrected chi connectivity index (χ2v) is 5.69. The second kappa shape index (κ2) is 7.74. The van der Waals surface area contributed by atoms with E-state index < -0.39 is 13.5 Å². The Hall–Kier alpha value is -2.61. The van der Waals surface area contributed by atoms with Crippen LogP contribution in [0.5, 0.6) is 11.5 Å². The molecule has 0 saturated heterocycles. The molecule has 0 radical (unpaired) electrons. The van der Waals surface area contributed by atoms with Crippen molar-refractivity contribution in [3.8, 4) is 22.6 Å². The van der Waals surface area contributed by atoms with Gasteiger partial charge in [0.15, 0.2) is 11.5 Å². The van der Waals surface area contributed by atoms with Crippen LogP contribution in [-0.2, 0) is 4.65 Å². The topological polar surface area (TPSA) is 60.8 Å². The molecule has 0 fully saturated rings. The molecule has 136 valence electrons. The number of alkyl halides is 2. The van der Waals surface area contributed by atoms with Crippen LogP contribution >= 0.6 is 0 Å². The number of ether oxygens (including phenoxy) is 2. The maximum atomic E-state index is 13.8. The van der Waals surface area contributed by atoms with Crippen molar-refractivity contribution in [2.24, 2.45) is 0 Å². The zero-order chi connectivity index (χ0) is 18.7. The lowest BCUT2D eigenvalue weighted by Gasteiger charge is -2.18. The largest absolute Gasteiger partial charge is 0.542 e. The number of benzene rings is 1. The summed E-state index contributed by atoms with van der Waals surface area (Å²) in [5, 5.41) is 9.49. The minimum Gasteiger partial charge on any atom is -0.542 e. The second-order valence-electron chi connectivity index (χ2n) is 5.69. The third kappa shape index (κ3) is 3.50. The zero-order valence-electron chi connectivity index (χ0n) is 14.4. The van der Waals surface area contributed by atoms with Crippen LogP contribution in [0.1, 0.15) is 24.5 Å². The maximum Gasteiger partial charge on any atom is 0.526 e. The third-order valence-corrected chi connectivity index (χ3v) is 4.07. The average molecular weight is 361 g/mol. The molecule has 0 unspecified atom stereocenters. The first kappa shape index (κ1) is 18.2. The zero-order valence-corrected chi connectivity index (χ0v) is 14.4. The number of nitrogens with zero attached hydrogens (tertiary/aromatic N) is 1. The minimum absolute atomic E-state index is 0.0340. The van der Waals surface area contributed by atoms with Crippen LogP contribution in [-0.4, -0.2) is 30.8 Å². The Labute approximate surface area is 150 Å². The van der Waals surface area contributed by atoms with Gasteiger partial charge in [-0.05, 0) is 41.8 Å². The summed E-state index contributed by atoms with van der Waals surface area (Å²) in [6.07, 6.45) is 2.14. The van der Waals surface area contributed by atoms with E-state index in [0.29, 0.717) is 23.0 Å². The first-order chi connectivity index (χ1) is 12.5. The van der Waals surface area contributed by atoms with E-state index in [-0.39, 0.29) is 23.7 Å². The van der Waals surface area contributed by atoms with E-state index in [1.54, 1.807) is 31.3 Å². The fraction of sp³-hybridized carbons (Fsp3) is 0.278. The highest BCUT2D eigenvalue weighted by molar-refractivity contribution is 6.47. The summed E-state index contributed by atoms with van der Waals surface area (Å²) in [5.74, 6) is 0.289. The summed E-state index contributed by atoms with van der Waals surface area (Å²) in [4.78, 5) is 4.15. The van der Waals surface area contributed by atoms with Crippen LogP contribution in [0.4, 0.5) is 8.78 Å². The Morgan fingerprint density at radius 2 is 2.08 bits per heavy atom. The van der Waals surface area contributed by atoms with E-state index in [9.17, 15) is 13.8 Å². The number of rotatable bonds is 6. The number of halogens is 2. The van der Waals surface area contributed by atoms with E-state index in [4.69, 9.17) is 14.1 Å². The first-order valence-electron chi connectivity index (χ1n) is 8.15. The molecule has 1 aromatic heterocycles. The monoisotopic (exact) mass is 361 g/mol. The molecule has 0 saturated carbocycles. The molecule has 0 aliphatic carbocycles. The predicted molar refractivity (Wildman–Crippen MR) is 94.2 cm³/mol. The van der Waals surface area contributed by atoms with Gasteiger partial charge in [0.1, 0.15) is 0 Å². The predicted octanol–water partition coefficient (Wildman–Crippen LogP) is 3.95. The summed E-state index contributed by atoms with van der Waals surface area (Å²) >= 11 is 0. The van der Waals surface area contributed by atoms with Crippen LogP contribution in [0, 0.1) is 0 Å². The van der Waals surface area contributed by atoms with E-state index >= 15 is 0 Å². The van der Waals surface area contributed by atoms with Crippen molar-refractivity contribution >= 4 is 12.7 Å². The molecule has 0 atom stereocenters. The van der Waals surface area contributed by atoms with E-state index in [2.05, 4.69) is 4.98 Å². The molecule has 0 amide bonds. The van der Waals surface area contributed by atoms with E-state index in [1.165, 1.54) is 19.6 Å². The van der Waals surface area contributed by atoms with Gasteiger partial charge in [0.05, 0.1) is 25.5 Å². The van der Waals surface area contributed by atoms with Crippen molar-refractivity contribution in [2.45, 2.75) is 19.7 Å². The maximum absolute atomic E-state index is 13.8. The van der Waals surface area contributed by atoms with Gasteiger partial charge in [0.25, 0.3) is 6.43 Å². The first-order valence-corrected chi connectivity index (χ1v) is 8.15. The molecular weight excluding hydrogens is 343 g/mol. The molecular formula is C18H18BF2NO4. The van der Waals surface area contributed by atoms with Gasteiger partial charge in [-0.1, -0.05) is 0 Å². The molecule has 2 aromatic rings. The Morgan fingerprint density at radius 1 is 1.31 bits per heavy atom. The normalized spacial score (nSPS) is 13.6. The summed E-state index contributed by atoms with van der Waals surface area (Å²) in [6.45, 7) is 1.96. The van der Waals surface area contributed by atoms with Gasteiger partial charge in [-0.2, -0.15) is 0 Å². The van der Waals surface area contributed by atoms with Gasteiger partial charge in [-0.3, -0.25) is 4.98 Å². The Morgan fingerprint density at radius 3 is 2.69 bits per heavy atom. The van der Waals surface area contributed by atoms with Crippen molar-refractivity contribution in [1.29, 1.82) is 0 Å². The number of hydrogen-bond donors (Lipinski definition) is 1. The number of hydrogen-bond acceptors (Lipinski definition) is 5. The van der Waals surface area contributed by atoms with Gasteiger partial charge in [0, 0.05) is 24.3 Å². The van der Waals surface area contributed by atoms with Crippen LogP contribution in [0.15, 0.2) is 36.9 Å². The Balaban J connectivity index is 2.10. The van der Waals surface area contributed by atoms with E-state index in [0.717, 1.165) is 5.57 Å². The number of pyridine rings is 1. The number of allylic oxidation sites excluding steroid dienone is 1. The molecule has 26 heavy (non-hydrogen) atoms. The smallest absolute Gasteiger partial charge is 0.526 e. The van der Waals surface area contributed by atoms with Gasteiger partial charge in [-0.15, -0.1) is 0 Å². The highest BCUT2D eigenvalue weighted by atomic mass is 19.3. The minimum atomic E-state index is -2.75. The number of methoxy groups -OCH3 is 1. The van der Waals surface area contributed by atoms with Crippen molar-refractivity contribution in [3.05, 3.63) is 48.0 Å². The summed E-state index contributed by atoms with van der Waals surface area (Å²) < 4.78 is 43.3. The molecule has 1 aliphatic rings. The molecule has 2 heterocycles. The molecule has 1 aliphatic heterocycles. The molecule has 1 aromatic carbocycles. The summed E-state index contributed by atoms with van der Waals surface area (Å²) in [7, 11) is 0.517. The Bertz CT molecular complexity index is 829. The fourth-order valence-electron chi connectivity index (χ4n) is 2.90. The van der Waals surface area contributed by atoms with Crippen molar-refractivity contribution in [1.82, 2.24) is 4.98 Å². The van der Waals surface area contributed by atoms with Gasteiger partial charge in [-0.25, -0.2) is 8.78 Å². The van der Waals surface area contributed by atoms with Crippen LogP contribution < -0.4 is 9.47 Å². The summed E-state index contributed by atoms with van der Waals surface area (Å²) in [6, 6.07) is 4.91. The third-order valence-electron chi connectivity index (χ3n) is 4.07. The van der Waals surface area contributed by atoms with Crippen LogP contribution in [0.2, 0.25) is 6.32 Å². The number of aromatic nitrogens is 1. The molecule has 5 nitrogen and oxygen atoms in total. The van der Waals surface area contributed by atoms with Crippen molar-refractivity contribution in [2.75, 3.05) is 13.7 Å². The lowest BCUT2D eigenvalue weighted by molar-refractivity contribution is 0.145. The lowest BCUT2D eigenvalue weighted by Crippen LogP contribution is -2.08. The van der Waals surface area contributed by atoms with Crippen LogP contribution in [0.3, 0.4) is 0 Å². The van der Waals surface area contributed by atoms with Gasteiger partial charge in [0.2, 0.25) is 0 Å². The van der Waals surface area contributed by atoms with Gasteiger partial charge < -0.3 is 19.2 Å². The fourth-order valence-corrected chi connectivity index (χ4v) is 2.90. The van der Waals surface area contributed by atoms with Crippen LogP contribution in [0.25, 0.3) is 16.7 Å². The van der Waals surface area contributed by atoms with Crippen molar-refractivity contribution in [3.63, 3.8) is 0 Å². The highest BCUT2D eigenvalue weighted by Crippen LogP contribution is 2.44. The van der Waals surface area contributed by atoms with E-state index in [1.807, 2.05) is 0 Å². The SMILES string of the molecule is CCOc1c(OC)ccc(-c2cncc(C3=COB(O)C3)c2)c1C(F)F. The summed E-state index contributed by atoms with van der Waals surface area (Å²) in [5.41, 5.74) is 2.06. The lowest BCUT2D eigenvalue weighted by atomic mass is 9.82. The molecule has 3 rings (SSSR count). The molecule has 8 heteroatoms. The van der Waals surface area contributed by atoms with Crippen molar-refractivity contribution < 1.29 is 27.9 Å². The standard InChI is InChI=1S/C18H18BF2NO4/c1-3-25-17-15(24-2)5-4-14(16(17)18(20)21)12-6-11(8-22-9-12)13-7-19(23)26-10-13/h4-6,8-10,18,23H,3,7H2,1-2H3. The Kier molecular flexibility index (Phi) is 5.42. The average Bonchev–Trinajstić information content (AvgIpc) is 3.08. The molecule has 0 bridgehead atoms. The quantitative estimate of drug-likeness (QED) is 0.790. The van der Waals surface area contributed by atoms with Gasteiger partial charge >= 0.3 is 7.12 Å². The molecule has 0 spiro atoms. The highest BCUT2D eigenvalue weighted by Gasteiger charge is 2.26.